The molecule has 1 fully saturated rings. The van der Waals surface area contributed by atoms with Crippen LogP contribution in [0.15, 0.2) is 59.3 Å². The number of carbonyl (C=O) groups is 1. The summed E-state index contributed by atoms with van der Waals surface area (Å²) in [4.78, 5) is 26.7. The number of carbonyl (C=O) groups excluding carboxylic acids is 1. The summed E-state index contributed by atoms with van der Waals surface area (Å²) in [5.74, 6) is 2.30. The average Bonchev–Trinajstić information content (AvgIpc) is 3.54. The molecule has 4 aromatic rings. The van der Waals surface area contributed by atoms with Crippen molar-refractivity contribution < 1.29 is 9.21 Å². The van der Waals surface area contributed by atoms with E-state index in [9.17, 15) is 4.79 Å². The van der Waals surface area contributed by atoms with Gasteiger partial charge in [0.2, 0.25) is 0 Å². The van der Waals surface area contributed by atoms with Gasteiger partial charge in [-0.15, -0.1) is 0 Å². The molecular formula is C25H28N6O2. The Morgan fingerprint density at radius 1 is 1.06 bits per heavy atom. The van der Waals surface area contributed by atoms with E-state index in [1.165, 1.54) is 6.26 Å². The van der Waals surface area contributed by atoms with Crippen LogP contribution in [0.1, 0.15) is 49.0 Å². The predicted octanol–water partition coefficient (Wildman–Crippen LogP) is 4.27. The maximum atomic E-state index is 12.7. The summed E-state index contributed by atoms with van der Waals surface area (Å²) in [6.07, 6.45) is 5.48. The molecule has 1 aliphatic rings. The Bertz CT molecular complexity index is 1230. The van der Waals surface area contributed by atoms with E-state index in [1.54, 1.807) is 12.1 Å². The molecule has 0 aliphatic carbocycles. The first kappa shape index (κ1) is 21.2. The molecule has 1 atom stereocenters. The summed E-state index contributed by atoms with van der Waals surface area (Å²) in [5.41, 5.74) is 1.79. The lowest BCUT2D eigenvalue weighted by Crippen LogP contribution is -2.49. The minimum atomic E-state index is -0.0679. The number of aromatic nitrogens is 4. The van der Waals surface area contributed by atoms with Gasteiger partial charge in [-0.1, -0.05) is 38.5 Å². The molecule has 170 valence electrons. The Kier molecular flexibility index (Phi) is 5.81. The van der Waals surface area contributed by atoms with Gasteiger partial charge in [0.15, 0.2) is 11.4 Å². The summed E-state index contributed by atoms with van der Waals surface area (Å²) < 4.78 is 7.18. The quantitative estimate of drug-likeness (QED) is 0.442. The Morgan fingerprint density at radius 2 is 1.85 bits per heavy atom. The van der Waals surface area contributed by atoms with Gasteiger partial charge in [0.1, 0.15) is 11.6 Å². The van der Waals surface area contributed by atoms with Crippen molar-refractivity contribution in [1.82, 2.24) is 24.6 Å². The highest BCUT2D eigenvalue weighted by molar-refractivity contribution is 5.92. The molecule has 1 aromatic carbocycles. The standard InChI is InChI=1S/C25H28N6O2/c1-3-8-18(2)22-27-23(20-17-26-31(24(20)28-22)19-9-5-4-6-10-19)29-12-14-30(15-13-29)25(32)21-11-7-16-33-21/h4-7,9-11,16-18H,3,8,12-15H2,1-2H3. The number of hydrogen-bond donors (Lipinski definition) is 0. The number of para-hydroxylation sites is 1. The monoisotopic (exact) mass is 444 g/mol. The van der Waals surface area contributed by atoms with Crippen LogP contribution < -0.4 is 4.90 Å². The molecule has 1 saturated heterocycles. The molecule has 0 radical (unpaired) electrons. The highest BCUT2D eigenvalue weighted by Gasteiger charge is 2.27. The molecule has 0 N–H and O–H groups in total. The van der Waals surface area contributed by atoms with Gasteiger partial charge in [0, 0.05) is 32.1 Å². The van der Waals surface area contributed by atoms with Gasteiger partial charge >= 0.3 is 0 Å². The van der Waals surface area contributed by atoms with Crippen molar-refractivity contribution in [3.8, 4) is 5.69 Å². The molecular weight excluding hydrogens is 416 g/mol. The fourth-order valence-electron chi connectivity index (χ4n) is 4.37. The molecule has 0 saturated carbocycles. The number of furan rings is 1. The van der Waals surface area contributed by atoms with Gasteiger partial charge in [-0.25, -0.2) is 14.6 Å². The van der Waals surface area contributed by atoms with Crippen molar-refractivity contribution in [2.45, 2.75) is 32.6 Å². The number of amides is 1. The topological polar surface area (TPSA) is 80.3 Å². The van der Waals surface area contributed by atoms with Crippen LogP contribution in [-0.2, 0) is 0 Å². The van der Waals surface area contributed by atoms with Crippen molar-refractivity contribution >= 4 is 22.8 Å². The first-order valence-electron chi connectivity index (χ1n) is 11.5. The normalized spacial score (nSPS) is 15.2. The molecule has 3 aromatic heterocycles. The van der Waals surface area contributed by atoms with Crippen LogP contribution in [0, 0.1) is 0 Å². The summed E-state index contributed by atoms with van der Waals surface area (Å²) in [5, 5.41) is 5.58. The zero-order valence-corrected chi connectivity index (χ0v) is 19.0. The summed E-state index contributed by atoms with van der Waals surface area (Å²) in [6.45, 7) is 6.96. The van der Waals surface area contributed by atoms with Crippen LogP contribution in [0.3, 0.4) is 0 Å². The van der Waals surface area contributed by atoms with Crippen LogP contribution in [0.5, 0.6) is 0 Å². The summed E-state index contributed by atoms with van der Waals surface area (Å²) in [7, 11) is 0. The number of fused-ring (bicyclic) bond motifs is 1. The van der Waals surface area contributed by atoms with Gasteiger partial charge in [0.05, 0.1) is 23.5 Å². The zero-order chi connectivity index (χ0) is 22.8. The molecule has 5 rings (SSSR count). The SMILES string of the molecule is CCCC(C)c1nc(N2CCN(C(=O)c3ccco3)CC2)c2cnn(-c3ccccc3)c2n1. The van der Waals surface area contributed by atoms with Crippen molar-refractivity contribution in [1.29, 1.82) is 0 Å². The Morgan fingerprint density at radius 3 is 2.55 bits per heavy atom. The lowest BCUT2D eigenvalue weighted by atomic mass is 10.1. The molecule has 8 heteroatoms. The van der Waals surface area contributed by atoms with E-state index in [0.29, 0.717) is 31.9 Å². The Hall–Kier alpha value is -3.68. The number of anilines is 1. The van der Waals surface area contributed by atoms with Crippen molar-refractivity contribution in [3.05, 3.63) is 66.5 Å². The van der Waals surface area contributed by atoms with Crippen LogP contribution in [0.2, 0.25) is 0 Å². The number of rotatable bonds is 6. The van der Waals surface area contributed by atoms with E-state index < -0.39 is 0 Å². The van der Waals surface area contributed by atoms with Crippen molar-refractivity contribution in [2.24, 2.45) is 0 Å². The van der Waals surface area contributed by atoms with Gasteiger partial charge in [-0.05, 0) is 30.7 Å². The maximum Gasteiger partial charge on any atom is 0.289 e. The van der Waals surface area contributed by atoms with Crippen LogP contribution in [0.4, 0.5) is 5.82 Å². The lowest BCUT2D eigenvalue weighted by molar-refractivity contribution is 0.0714. The number of hydrogen-bond acceptors (Lipinski definition) is 6. The molecule has 33 heavy (non-hydrogen) atoms. The molecule has 8 nitrogen and oxygen atoms in total. The minimum absolute atomic E-state index is 0.0679. The third kappa shape index (κ3) is 4.08. The summed E-state index contributed by atoms with van der Waals surface area (Å²) in [6, 6.07) is 13.5. The molecule has 0 spiro atoms. The maximum absolute atomic E-state index is 12.7. The van der Waals surface area contributed by atoms with Gasteiger partial charge in [0.25, 0.3) is 5.91 Å². The van der Waals surface area contributed by atoms with E-state index in [0.717, 1.165) is 41.2 Å². The number of piperazine rings is 1. The van der Waals surface area contributed by atoms with Crippen molar-refractivity contribution in [2.75, 3.05) is 31.1 Å². The lowest BCUT2D eigenvalue weighted by Gasteiger charge is -2.35. The first-order chi connectivity index (χ1) is 16.2. The second-order valence-corrected chi connectivity index (χ2v) is 8.48. The smallest absolute Gasteiger partial charge is 0.289 e. The fourth-order valence-corrected chi connectivity index (χ4v) is 4.37. The van der Waals surface area contributed by atoms with Crippen LogP contribution in [-0.4, -0.2) is 56.7 Å². The Balaban J connectivity index is 1.48. The molecule has 1 amide bonds. The molecule has 1 unspecified atom stereocenters. The third-order valence-corrected chi connectivity index (χ3v) is 6.19. The second-order valence-electron chi connectivity index (χ2n) is 8.48. The van der Waals surface area contributed by atoms with Gasteiger partial charge in [-0.3, -0.25) is 4.79 Å². The van der Waals surface area contributed by atoms with Crippen LogP contribution in [0.25, 0.3) is 16.7 Å². The van der Waals surface area contributed by atoms with E-state index in [-0.39, 0.29) is 11.8 Å². The highest BCUT2D eigenvalue weighted by atomic mass is 16.3. The molecule has 4 heterocycles. The highest BCUT2D eigenvalue weighted by Crippen LogP contribution is 2.29. The third-order valence-electron chi connectivity index (χ3n) is 6.19. The van der Waals surface area contributed by atoms with E-state index in [4.69, 9.17) is 14.4 Å². The fraction of sp³-hybridized carbons (Fsp3) is 0.360. The van der Waals surface area contributed by atoms with Gasteiger partial charge in [-0.2, -0.15) is 5.10 Å². The molecule has 1 aliphatic heterocycles. The summed E-state index contributed by atoms with van der Waals surface area (Å²) >= 11 is 0. The second kappa shape index (κ2) is 9.05. The predicted molar refractivity (Wildman–Crippen MR) is 127 cm³/mol. The largest absolute Gasteiger partial charge is 0.459 e. The van der Waals surface area contributed by atoms with Gasteiger partial charge < -0.3 is 14.2 Å². The Labute approximate surface area is 192 Å². The van der Waals surface area contributed by atoms with Crippen LogP contribution >= 0.6 is 0 Å². The van der Waals surface area contributed by atoms with E-state index in [2.05, 4.69) is 23.8 Å². The number of nitrogens with zero attached hydrogens (tertiary/aromatic N) is 6. The van der Waals surface area contributed by atoms with E-state index in [1.807, 2.05) is 46.1 Å². The van der Waals surface area contributed by atoms with E-state index >= 15 is 0 Å². The minimum Gasteiger partial charge on any atom is -0.459 e. The number of benzene rings is 1. The average molecular weight is 445 g/mol. The zero-order valence-electron chi connectivity index (χ0n) is 19.0. The van der Waals surface area contributed by atoms with Crippen molar-refractivity contribution in [3.63, 3.8) is 0 Å². The molecule has 0 bridgehead atoms. The first-order valence-corrected chi connectivity index (χ1v) is 11.5.